The molecule has 4 nitrogen and oxygen atoms in total. The maximum Gasteiger partial charge on any atom is 0.230 e. The Labute approximate surface area is 87.9 Å². The normalized spacial score (nSPS) is 10.6. The van der Waals surface area contributed by atoms with Crippen LogP contribution in [-0.4, -0.2) is 19.1 Å². The molecule has 0 aliphatic heterocycles. The molecule has 0 aliphatic rings. The maximum absolute atomic E-state index is 4.30. The molecule has 0 saturated heterocycles. The van der Waals surface area contributed by atoms with Gasteiger partial charge in [0.05, 0.1) is 0 Å². The minimum absolute atomic E-state index is 0.806. The van der Waals surface area contributed by atoms with Crippen LogP contribution in [0.15, 0.2) is 16.9 Å². The molecule has 6 heteroatoms. The first-order valence-corrected chi connectivity index (χ1v) is 5.40. The fourth-order valence-electron chi connectivity index (χ4n) is 0.890. The van der Waals surface area contributed by atoms with E-state index in [1.807, 2.05) is 19.2 Å². The number of hydrogen-bond acceptors (Lipinski definition) is 4. The summed E-state index contributed by atoms with van der Waals surface area (Å²) in [7, 11) is 0. The number of hydrogen-bond donors (Lipinski definition) is 0. The van der Waals surface area contributed by atoms with Crippen LogP contribution in [0.1, 0.15) is 12.7 Å². The van der Waals surface area contributed by atoms with Crippen LogP contribution in [0.2, 0.25) is 0 Å². The second-order valence-corrected chi connectivity index (χ2v) is 3.97. The van der Waals surface area contributed by atoms with Gasteiger partial charge in [0.2, 0.25) is 5.13 Å². The molecule has 0 atom stereocenters. The first-order valence-electron chi connectivity index (χ1n) is 3.83. The van der Waals surface area contributed by atoms with Crippen LogP contribution in [0.3, 0.4) is 0 Å². The summed E-state index contributed by atoms with van der Waals surface area (Å²) in [5.74, 6) is 0.867. The third kappa shape index (κ3) is 1.78. The average molecular weight is 259 g/mol. The predicted molar refractivity (Wildman–Crippen MR) is 54.1 cm³/mol. The molecule has 0 radical (unpaired) electrons. The standard InChI is InChI=1S/C7H7BrN4S/c1-2-6-9-7(13-11-6)12-4-3-5(8)10-12/h3-4H,2H2,1H3. The third-order valence-electron chi connectivity index (χ3n) is 1.53. The Kier molecular flexibility index (Phi) is 2.41. The van der Waals surface area contributed by atoms with Gasteiger partial charge in [-0.1, -0.05) is 6.92 Å². The van der Waals surface area contributed by atoms with Crippen LogP contribution in [0.25, 0.3) is 5.13 Å². The van der Waals surface area contributed by atoms with E-state index in [1.54, 1.807) is 4.68 Å². The topological polar surface area (TPSA) is 43.6 Å². The Hall–Kier alpha value is -0.750. The zero-order valence-corrected chi connectivity index (χ0v) is 9.34. The van der Waals surface area contributed by atoms with Crippen molar-refractivity contribution in [1.82, 2.24) is 19.1 Å². The SMILES string of the molecule is CCc1nsc(-n2ccc(Br)n2)n1. The van der Waals surface area contributed by atoms with Crippen molar-refractivity contribution in [2.24, 2.45) is 0 Å². The second-order valence-electron chi connectivity index (χ2n) is 2.43. The van der Waals surface area contributed by atoms with Crippen molar-refractivity contribution in [1.29, 1.82) is 0 Å². The molecule has 0 unspecified atom stereocenters. The van der Waals surface area contributed by atoms with E-state index in [2.05, 4.69) is 30.4 Å². The number of halogens is 1. The Balaban J connectivity index is 2.35. The Morgan fingerprint density at radius 2 is 2.46 bits per heavy atom. The van der Waals surface area contributed by atoms with Crippen molar-refractivity contribution in [3.63, 3.8) is 0 Å². The van der Waals surface area contributed by atoms with Crippen LogP contribution in [0.4, 0.5) is 0 Å². The molecule has 0 aliphatic carbocycles. The molecule has 13 heavy (non-hydrogen) atoms. The van der Waals surface area contributed by atoms with E-state index in [0.717, 1.165) is 22.0 Å². The highest BCUT2D eigenvalue weighted by Crippen LogP contribution is 2.13. The fourth-order valence-corrected chi connectivity index (χ4v) is 1.87. The monoisotopic (exact) mass is 258 g/mol. The molecule has 0 bridgehead atoms. The summed E-state index contributed by atoms with van der Waals surface area (Å²) >= 11 is 4.64. The van der Waals surface area contributed by atoms with Gasteiger partial charge in [-0.05, 0) is 22.0 Å². The quantitative estimate of drug-likeness (QED) is 0.829. The van der Waals surface area contributed by atoms with E-state index in [-0.39, 0.29) is 0 Å². The van der Waals surface area contributed by atoms with Crippen molar-refractivity contribution in [2.75, 3.05) is 0 Å². The lowest BCUT2D eigenvalue weighted by Crippen LogP contribution is -1.93. The van der Waals surface area contributed by atoms with Crippen molar-refractivity contribution in [2.45, 2.75) is 13.3 Å². The highest BCUT2D eigenvalue weighted by molar-refractivity contribution is 9.10. The van der Waals surface area contributed by atoms with E-state index >= 15 is 0 Å². The van der Waals surface area contributed by atoms with Gasteiger partial charge in [-0.25, -0.2) is 9.67 Å². The van der Waals surface area contributed by atoms with Gasteiger partial charge in [0.1, 0.15) is 10.4 Å². The summed E-state index contributed by atoms with van der Waals surface area (Å²) in [5.41, 5.74) is 0. The molecule has 0 saturated carbocycles. The van der Waals surface area contributed by atoms with E-state index < -0.39 is 0 Å². The molecule has 2 rings (SSSR count). The third-order valence-corrected chi connectivity index (χ3v) is 2.69. The highest BCUT2D eigenvalue weighted by Gasteiger charge is 2.04. The largest absolute Gasteiger partial charge is 0.230 e. The van der Waals surface area contributed by atoms with Gasteiger partial charge in [0.15, 0.2) is 0 Å². The van der Waals surface area contributed by atoms with Crippen LogP contribution < -0.4 is 0 Å². The molecular weight excluding hydrogens is 252 g/mol. The molecule has 0 N–H and O–H groups in total. The lowest BCUT2D eigenvalue weighted by atomic mass is 10.5. The van der Waals surface area contributed by atoms with Gasteiger partial charge in [0, 0.05) is 24.2 Å². The van der Waals surface area contributed by atoms with Crippen molar-refractivity contribution < 1.29 is 0 Å². The molecule has 2 aromatic rings. The zero-order valence-electron chi connectivity index (χ0n) is 6.94. The molecule has 0 amide bonds. The lowest BCUT2D eigenvalue weighted by molar-refractivity contribution is 0.846. The predicted octanol–water partition coefficient (Wildman–Crippen LogP) is 2.05. The summed E-state index contributed by atoms with van der Waals surface area (Å²) in [6.07, 6.45) is 2.71. The first kappa shape index (κ1) is 8.83. The zero-order chi connectivity index (χ0) is 9.26. The second kappa shape index (κ2) is 3.55. The maximum atomic E-state index is 4.30. The Bertz CT molecular complexity index is 408. The fraction of sp³-hybridized carbons (Fsp3) is 0.286. The average Bonchev–Trinajstić information content (AvgIpc) is 2.71. The lowest BCUT2D eigenvalue weighted by Gasteiger charge is -1.90. The van der Waals surface area contributed by atoms with E-state index in [9.17, 15) is 0 Å². The van der Waals surface area contributed by atoms with Gasteiger partial charge in [0.25, 0.3) is 0 Å². The molecule has 0 spiro atoms. The van der Waals surface area contributed by atoms with Crippen LogP contribution >= 0.6 is 27.5 Å². The van der Waals surface area contributed by atoms with Gasteiger partial charge in [-0.2, -0.15) is 9.47 Å². The first-order chi connectivity index (χ1) is 6.29. The van der Waals surface area contributed by atoms with Crippen molar-refractivity contribution >= 4 is 27.5 Å². The van der Waals surface area contributed by atoms with Crippen LogP contribution in [0, 0.1) is 0 Å². The summed E-state index contributed by atoms with van der Waals surface area (Å²) in [6.45, 7) is 2.03. The van der Waals surface area contributed by atoms with Gasteiger partial charge < -0.3 is 0 Å². The highest BCUT2D eigenvalue weighted by atomic mass is 79.9. The summed E-state index contributed by atoms with van der Waals surface area (Å²) in [5, 5.41) is 4.98. The van der Waals surface area contributed by atoms with Crippen LogP contribution in [0.5, 0.6) is 0 Å². The van der Waals surface area contributed by atoms with Gasteiger partial charge in [-0.3, -0.25) is 0 Å². The number of rotatable bonds is 2. The summed E-state index contributed by atoms with van der Waals surface area (Å²) < 4.78 is 6.69. The Morgan fingerprint density at radius 1 is 1.62 bits per heavy atom. The van der Waals surface area contributed by atoms with Gasteiger partial charge >= 0.3 is 0 Å². The van der Waals surface area contributed by atoms with E-state index in [0.29, 0.717) is 0 Å². The Morgan fingerprint density at radius 3 is 3.00 bits per heavy atom. The molecule has 2 heterocycles. The molecule has 0 aromatic carbocycles. The number of aryl methyl sites for hydroxylation is 1. The minimum Gasteiger partial charge on any atom is -0.211 e. The number of aromatic nitrogens is 4. The van der Waals surface area contributed by atoms with E-state index in [1.165, 1.54) is 11.5 Å². The van der Waals surface area contributed by atoms with Gasteiger partial charge in [-0.15, -0.1) is 0 Å². The molecule has 2 aromatic heterocycles. The van der Waals surface area contributed by atoms with Crippen molar-refractivity contribution in [3.05, 3.63) is 22.7 Å². The number of nitrogens with zero attached hydrogens (tertiary/aromatic N) is 4. The summed E-state index contributed by atoms with van der Waals surface area (Å²) in [4.78, 5) is 4.30. The molecular formula is C7H7BrN4S. The minimum atomic E-state index is 0.806. The van der Waals surface area contributed by atoms with Crippen molar-refractivity contribution in [3.8, 4) is 5.13 Å². The molecule has 68 valence electrons. The summed E-state index contributed by atoms with van der Waals surface area (Å²) in [6, 6.07) is 1.87. The molecule has 0 fully saturated rings. The van der Waals surface area contributed by atoms with Crippen LogP contribution in [-0.2, 0) is 6.42 Å². The smallest absolute Gasteiger partial charge is 0.211 e. The van der Waals surface area contributed by atoms with E-state index in [4.69, 9.17) is 0 Å².